The number of imide groups is 2. The molecule has 2 N–H and O–H groups in total. The third-order valence-corrected chi connectivity index (χ3v) is 13.2. The summed E-state index contributed by atoms with van der Waals surface area (Å²) >= 11 is 0. The van der Waals surface area contributed by atoms with Gasteiger partial charge in [0.2, 0.25) is 17.6 Å². The second-order valence-corrected chi connectivity index (χ2v) is 16.8. The zero-order valence-corrected chi connectivity index (χ0v) is 33.5. The van der Waals surface area contributed by atoms with Crippen molar-refractivity contribution < 1.29 is 41.5 Å². The SMILES string of the molecule is C[C@@H]1Cc2c([nH]c3ccccc23)[C@@H](c2c(F)cc(-c3cnc(C(=O)N4CCC(N5Cc6cc7c(cc6C5)C(=O)N(C5CCC(=O)NC5=O)C7=O)CC4)nc3)cc2F)N1CC(F)F. The number of amides is 5. The second-order valence-electron chi connectivity index (χ2n) is 16.8. The molecular formula is C45H40F4N8O5. The van der Waals surface area contributed by atoms with Crippen LogP contribution in [0.4, 0.5) is 17.6 Å². The number of benzene rings is 3. The first-order valence-electron chi connectivity index (χ1n) is 20.7. The fourth-order valence-corrected chi connectivity index (χ4v) is 10.1. The van der Waals surface area contributed by atoms with Gasteiger partial charge in [0.1, 0.15) is 17.7 Å². The first-order chi connectivity index (χ1) is 29.8. The number of H-pyrrole nitrogens is 1. The average molecular weight is 849 g/mol. The van der Waals surface area contributed by atoms with E-state index in [1.807, 2.05) is 24.3 Å². The highest BCUT2D eigenvalue weighted by Crippen LogP contribution is 2.43. The van der Waals surface area contributed by atoms with Gasteiger partial charge < -0.3 is 9.88 Å². The number of likely N-dealkylation sites (tertiary alicyclic amines) is 1. The standard InChI is InChI=1S/C45H40F4N8O5/c1-22-12-29-28-4-2-3-5-34(28)52-39(29)40(56(22)21-36(48)49)38-32(46)15-23(16-33(38)47)26-17-50-41(51-18-26)45(62)54-10-8-27(9-11-54)55-19-24-13-30-31(14-25(24)20-55)44(61)57(43(30)60)35-6-7-37(58)53-42(35)59/h2-5,13-18,22,27,35-36,40,52H,6-12,19-21H2,1H3,(H,53,58,59)/t22-,35?,40-/m1/s1. The molecule has 5 amide bonds. The highest BCUT2D eigenvalue weighted by atomic mass is 19.3. The Kier molecular flexibility index (Phi) is 9.78. The smallest absolute Gasteiger partial charge is 0.291 e. The minimum absolute atomic E-state index is 0.0457. The summed E-state index contributed by atoms with van der Waals surface area (Å²) in [5.74, 6) is -4.45. The molecule has 3 aromatic carbocycles. The molecule has 17 heteroatoms. The molecule has 62 heavy (non-hydrogen) atoms. The molecular weight excluding hydrogens is 809 g/mol. The molecule has 318 valence electrons. The van der Waals surface area contributed by atoms with Crippen LogP contribution in [0.3, 0.4) is 0 Å². The molecule has 7 heterocycles. The zero-order valence-electron chi connectivity index (χ0n) is 33.5. The number of para-hydroxylation sites is 1. The van der Waals surface area contributed by atoms with Crippen molar-refractivity contribution in [2.75, 3.05) is 19.6 Å². The number of carbonyl (C=O) groups is 5. The molecule has 1 unspecified atom stereocenters. The summed E-state index contributed by atoms with van der Waals surface area (Å²) < 4.78 is 60.2. The van der Waals surface area contributed by atoms with Crippen molar-refractivity contribution in [1.82, 2.24) is 39.9 Å². The summed E-state index contributed by atoms with van der Waals surface area (Å²) in [7, 11) is 0. The van der Waals surface area contributed by atoms with Gasteiger partial charge in [0, 0.05) is 84.8 Å². The Bertz CT molecular complexity index is 2650. The minimum Gasteiger partial charge on any atom is -0.357 e. The number of aromatic nitrogens is 3. The van der Waals surface area contributed by atoms with Crippen LogP contribution < -0.4 is 5.32 Å². The number of carbonyl (C=O) groups excluding carboxylic acids is 5. The van der Waals surface area contributed by atoms with Crippen molar-refractivity contribution >= 4 is 40.4 Å². The lowest BCUT2D eigenvalue weighted by atomic mass is 9.87. The number of hydrogen-bond acceptors (Lipinski definition) is 9. The summed E-state index contributed by atoms with van der Waals surface area (Å²) in [6.07, 6.45) is 1.81. The number of hydrogen-bond donors (Lipinski definition) is 2. The van der Waals surface area contributed by atoms with Gasteiger partial charge in [-0.05, 0) is 85.2 Å². The van der Waals surface area contributed by atoms with E-state index in [0.29, 0.717) is 51.1 Å². The molecule has 0 saturated carbocycles. The maximum absolute atomic E-state index is 16.2. The summed E-state index contributed by atoms with van der Waals surface area (Å²) in [4.78, 5) is 82.5. The number of alkyl halides is 2. The van der Waals surface area contributed by atoms with Crippen molar-refractivity contribution in [1.29, 1.82) is 0 Å². The molecule has 10 rings (SSSR count). The van der Waals surface area contributed by atoms with Crippen molar-refractivity contribution in [2.24, 2.45) is 0 Å². The maximum atomic E-state index is 16.2. The van der Waals surface area contributed by atoms with E-state index in [9.17, 15) is 32.8 Å². The molecule has 5 aromatic rings. The molecule has 3 atom stereocenters. The highest BCUT2D eigenvalue weighted by molar-refractivity contribution is 6.23. The molecule has 2 aromatic heterocycles. The molecule has 0 radical (unpaired) electrons. The Balaban J connectivity index is 0.799. The number of nitrogens with zero attached hydrogens (tertiary/aromatic N) is 6. The van der Waals surface area contributed by atoms with E-state index >= 15 is 8.78 Å². The van der Waals surface area contributed by atoms with Crippen LogP contribution in [0.15, 0.2) is 60.9 Å². The molecule has 2 saturated heterocycles. The molecule has 0 spiro atoms. The van der Waals surface area contributed by atoms with Crippen LogP contribution in [-0.2, 0) is 29.1 Å². The normalized spacial score (nSPS) is 22.1. The highest BCUT2D eigenvalue weighted by Gasteiger charge is 2.46. The average Bonchev–Trinajstić information content (AvgIpc) is 3.92. The van der Waals surface area contributed by atoms with Gasteiger partial charge in [0.05, 0.1) is 23.7 Å². The summed E-state index contributed by atoms with van der Waals surface area (Å²) in [5.41, 5.74) is 4.46. The van der Waals surface area contributed by atoms with Crippen LogP contribution >= 0.6 is 0 Å². The van der Waals surface area contributed by atoms with Crippen LogP contribution in [0, 0.1) is 11.6 Å². The van der Waals surface area contributed by atoms with Crippen molar-refractivity contribution in [3.05, 3.63) is 117 Å². The van der Waals surface area contributed by atoms with E-state index in [0.717, 1.165) is 44.6 Å². The van der Waals surface area contributed by atoms with Crippen molar-refractivity contribution in [3.8, 4) is 11.1 Å². The Morgan fingerprint density at radius 1 is 0.871 bits per heavy atom. The van der Waals surface area contributed by atoms with E-state index in [4.69, 9.17) is 0 Å². The predicted octanol–water partition coefficient (Wildman–Crippen LogP) is 5.53. The summed E-state index contributed by atoms with van der Waals surface area (Å²) in [6.45, 7) is 3.06. The fraction of sp³-hybridized carbons (Fsp3) is 0.356. The Morgan fingerprint density at radius 3 is 2.15 bits per heavy atom. The fourth-order valence-electron chi connectivity index (χ4n) is 10.1. The number of aromatic amines is 1. The van der Waals surface area contributed by atoms with Crippen LogP contribution in [-0.4, -0.2) is 108 Å². The van der Waals surface area contributed by atoms with E-state index in [2.05, 4.69) is 25.2 Å². The molecule has 0 bridgehead atoms. The summed E-state index contributed by atoms with van der Waals surface area (Å²) in [5, 5.41) is 3.09. The molecule has 0 aliphatic carbocycles. The lowest BCUT2D eigenvalue weighted by molar-refractivity contribution is -0.136. The zero-order chi connectivity index (χ0) is 43.1. The quantitative estimate of drug-likeness (QED) is 0.159. The number of halogens is 4. The van der Waals surface area contributed by atoms with Crippen molar-refractivity contribution in [2.45, 2.75) is 82.7 Å². The van der Waals surface area contributed by atoms with Gasteiger partial charge >= 0.3 is 0 Å². The molecule has 2 fully saturated rings. The van der Waals surface area contributed by atoms with Crippen LogP contribution in [0.1, 0.15) is 97.9 Å². The van der Waals surface area contributed by atoms with Gasteiger partial charge in [-0.2, -0.15) is 0 Å². The van der Waals surface area contributed by atoms with Gasteiger partial charge in [-0.25, -0.2) is 27.5 Å². The third-order valence-electron chi connectivity index (χ3n) is 13.2. The first-order valence-corrected chi connectivity index (χ1v) is 20.7. The van der Waals surface area contributed by atoms with E-state index in [1.54, 1.807) is 24.0 Å². The van der Waals surface area contributed by atoms with Crippen molar-refractivity contribution in [3.63, 3.8) is 0 Å². The summed E-state index contributed by atoms with van der Waals surface area (Å²) in [6, 6.07) is 10.7. The Labute approximate surface area is 352 Å². The number of rotatable bonds is 7. The Hall–Kier alpha value is -6.33. The van der Waals surface area contributed by atoms with E-state index in [1.165, 1.54) is 17.3 Å². The minimum atomic E-state index is -2.72. The monoisotopic (exact) mass is 848 g/mol. The van der Waals surface area contributed by atoms with Crippen LogP contribution in [0.25, 0.3) is 22.0 Å². The molecule has 5 aliphatic heterocycles. The van der Waals surface area contributed by atoms with E-state index < -0.39 is 66.4 Å². The van der Waals surface area contributed by atoms with Gasteiger partial charge in [-0.15, -0.1) is 0 Å². The lowest BCUT2D eigenvalue weighted by Gasteiger charge is -2.41. The van der Waals surface area contributed by atoms with Gasteiger partial charge in [0.25, 0.3) is 24.1 Å². The number of piperidine rings is 2. The molecule has 5 aliphatic rings. The van der Waals surface area contributed by atoms with Gasteiger partial charge in [-0.1, -0.05) is 18.2 Å². The second kappa shape index (κ2) is 15.2. The van der Waals surface area contributed by atoms with Crippen LogP contribution in [0.5, 0.6) is 0 Å². The largest absolute Gasteiger partial charge is 0.357 e. The Morgan fingerprint density at radius 2 is 1.52 bits per heavy atom. The van der Waals surface area contributed by atoms with Crippen LogP contribution in [0.2, 0.25) is 0 Å². The third kappa shape index (κ3) is 6.65. The predicted molar refractivity (Wildman–Crippen MR) is 215 cm³/mol. The number of fused-ring (bicyclic) bond motifs is 5. The molecule has 13 nitrogen and oxygen atoms in total. The van der Waals surface area contributed by atoms with Gasteiger partial charge in [-0.3, -0.25) is 44.0 Å². The lowest BCUT2D eigenvalue weighted by Crippen LogP contribution is -2.54. The van der Waals surface area contributed by atoms with Gasteiger partial charge in [0.15, 0.2) is 0 Å². The maximum Gasteiger partial charge on any atom is 0.291 e. The number of nitrogens with one attached hydrogen (secondary N) is 2. The topological polar surface area (TPSA) is 152 Å². The van der Waals surface area contributed by atoms with E-state index in [-0.39, 0.29) is 58.4 Å². The first kappa shape index (κ1) is 39.8.